The van der Waals surface area contributed by atoms with E-state index in [1.54, 1.807) is 6.07 Å². The molecular formula is C28H36Cl2N4O4. The molecule has 0 bridgehead atoms. The zero-order valence-corrected chi connectivity index (χ0v) is 23.1. The number of unbranched alkanes of at least 4 members (excludes halogenated alkanes) is 1. The molecule has 38 heavy (non-hydrogen) atoms. The molecule has 8 nitrogen and oxygen atoms in total. The van der Waals surface area contributed by atoms with E-state index >= 15 is 0 Å². The molecule has 2 aromatic rings. The summed E-state index contributed by atoms with van der Waals surface area (Å²) in [5.74, 6) is -0.266. The minimum absolute atomic E-state index is 0.0480. The Kier molecular flexibility index (Phi) is 10.4. The number of anilines is 3. The quantitative estimate of drug-likeness (QED) is 0.293. The number of aryl methyl sites for hydroxylation is 1. The third-order valence-electron chi connectivity index (χ3n) is 7.00. The van der Waals surface area contributed by atoms with Crippen LogP contribution in [0.1, 0.15) is 44.1 Å². The van der Waals surface area contributed by atoms with Crippen molar-refractivity contribution in [2.45, 2.75) is 44.9 Å². The van der Waals surface area contributed by atoms with Crippen LogP contribution in [0.2, 0.25) is 10.0 Å². The summed E-state index contributed by atoms with van der Waals surface area (Å²) in [5.41, 5.74) is 3.88. The van der Waals surface area contributed by atoms with Crippen molar-refractivity contribution < 1.29 is 19.4 Å². The fraction of sp³-hybridized carbons (Fsp3) is 0.500. The number of carbonyl (C=O) groups is 2. The third kappa shape index (κ3) is 7.91. The molecule has 2 aromatic carbocycles. The first-order chi connectivity index (χ1) is 18.4. The smallest absolute Gasteiger partial charge is 0.303 e. The number of hydrogen-bond donors (Lipinski definition) is 3. The van der Waals surface area contributed by atoms with Crippen LogP contribution in [0.3, 0.4) is 0 Å². The van der Waals surface area contributed by atoms with E-state index in [9.17, 15) is 9.59 Å². The Balaban J connectivity index is 1.16. The van der Waals surface area contributed by atoms with Crippen molar-refractivity contribution in [1.29, 1.82) is 0 Å². The number of carboxylic acids is 1. The fourth-order valence-corrected chi connectivity index (χ4v) is 5.35. The van der Waals surface area contributed by atoms with Crippen molar-refractivity contribution in [1.82, 2.24) is 4.90 Å². The summed E-state index contributed by atoms with van der Waals surface area (Å²) in [7, 11) is 0. The molecule has 10 heteroatoms. The minimum atomic E-state index is -0.920. The summed E-state index contributed by atoms with van der Waals surface area (Å²) in [6.07, 6.45) is 4.75. The number of ether oxygens (including phenoxy) is 1. The Morgan fingerprint density at radius 1 is 1.00 bits per heavy atom. The molecule has 4 rings (SSSR count). The van der Waals surface area contributed by atoms with E-state index in [0.717, 1.165) is 76.6 Å². The van der Waals surface area contributed by atoms with Gasteiger partial charge < -0.3 is 25.4 Å². The Morgan fingerprint density at radius 2 is 1.82 bits per heavy atom. The molecule has 1 fully saturated rings. The lowest BCUT2D eigenvalue weighted by Gasteiger charge is -2.36. The molecule has 1 saturated heterocycles. The van der Waals surface area contributed by atoms with Gasteiger partial charge in [-0.05, 0) is 62.4 Å². The molecule has 0 atom stereocenters. The lowest BCUT2D eigenvalue weighted by atomic mass is 10.0. The molecule has 2 heterocycles. The number of fused-ring (bicyclic) bond motifs is 1. The summed E-state index contributed by atoms with van der Waals surface area (Å²) >= 11 is 13.0. The maximum Gasteiger partial charge on any atom is 0.303 e. The summed E-state index contributed by atoms with van der Waals surface area (Å²) in [5, 5.41) is 15.6. The number of piperazine rings is 1. The highest BCUT2D eigenvalue weighted by Crippen LogP contribution is 2.38. The number of carboxylic acid groups (broad SMARTS) is 1. The predicted molar refractivity (Wildman–Crippen MR) is 153 cm³/mol. The summed E-state index contributed by atoms with van der Waals surface area (Å²) in [6, 6.07) is 10.00. The maximum atomic E-state index is 12.1. The second-order valence-electron chi connectivity index (χ2n) is 9.79. The molecule has 1 amide bonds. The van der Waals surface area contributed by atoms with Gasteiger partial charge in [-0.2, -0.15) is 0 Å². The molecule has 0 aromatic heterocycles. The number of aliphatic carboxylic acids is 1. The Hall–Kier alpha value is -2.68. The summed E-state index contributed by atoms with van der Waals surface area (Å²) < 4.78 is 5.98. The van der Waals surface area contributed by atoms with Crippen molar-refractivity contribution in [3.05, 3.63) is 45.9 Å². The highest BCUT2D eigenvalue weighted by molar-refractivity contribution is 6.45. The molecule has 0 saturated carbocycles. The van der Waals surface area contributed by atoms with Gasteiger partial charge in [-0.15, -0.1) is 0 Å². The third-order valence-corrected chi connectivity index (χ3v) is 7.87. The number of benzene rings is 2. The van der Waals surface area contributed by atoms with Crippen LogP contribution in [0.15, 0.2) is 30.3 Å². The molecule has 2 aliphatic rings. The average molecular weight is 564 g/mol. The number of rotatable bonds is 12. The van der Waals surface area contributed by atoms with Crippen molar-refractivity contribution in [3.8, 4) is 5.75 Å². The highest BCUT2D eigenvalue weighted by atomic mass is 35.5. The first-order valence-corrected chi connectivity index (χ1v) is 14.1. The number of carbonyl (C=O) groups excluding carboxylic acids is 1. The van der Waals surface area contributed by atoms with Crippen molar-refractivity contribution in [3.63, 3.8) is 0 Å². The number of hydrogen-bond acceptors (Lipinski definition) is 6. The fourth-order valence-electron chi connectivity index (χ4n) is 4.86. The second-order valence-corrected chi connectivity index (χ2v) is 10.5. The van der Waals surface area contributed by atoms with Gasteiger partial charge in [0.15, 0.2) is 0 Å². The van der Waals surface area contributed by atoms with Crippen LogP contribution in [0.5, 0.6) is 5.75 Å². The Labute approximate surface area is 234 Å². The number of amides is 1. The van der Waals surface area contributed by atoms with Gasteiger partial charge in [0.05, 0.1) is 28.0 Å². The number of nitrogens with zero attached hydrogens (tertiary/aromatic N) is 2. The molecule has 0 radical (unpaired) electrons. The number of nitrogens with one attached hydrogen (secondary N) is 2. The zero-order chi connectivity index (χ0) is 26.9. The Bertz CT molecular complexity index is 1120. The molecule has 206 valence electrons. The molecule has 0 unspecified atom stereocenters. The number of halogens is 2. The highest BCUT2D eigenvalue weighted by Gasteiger charge is 2.21. The van der Waals surface area contributed by atoms with Crippen LogP contribution >= 0.6 is 23.2 Å². The summed E-state index contributed by atoms with van der Waals surface area (Å²) in [6.45, 7) is 6.34. The largest absolute Gasteiger partial charge is 0.494 e. The molecule has 2 aliphatic heterocycles. The van der Waals surface area contributed by atoms with E-state index in [4.69, 9.17) is 33.0 Å². The normalized spacial score (nSPS) is 15.5. The van der Waals surface area contributed by atoms with Crippen LogP contribution in [0.4, 0.5) is 17.1 Å². The van der Waals surface area contributed by atoms with Crippen LogP contribution < -0.4 is 20.3 Å². The predicted octanol–water partition coefficient (Wildman–Crippen LogP) is 5.53. The van der Waals surface area contributed by atoms with Crippen molar-refractivity contribution >= 4 is 52.1 Å². The van der Waals surface area contributed by atoms with Gasteiger partial charge in [-0.3, -0.25) is 14.5 Å². The molecular weight excluding hydrogens is 527 g/mol. The second kappa shape index (κ2) is 13.9. The van der Waals surface area contributed by atoms with Gasteiger partial charge in [0, 0.05) is 57.3 Å². The van der Waals surface area contributed by atoms with Crippen LogP contribution in [0, 0.1) is 0 Å². The lowest BCUT2D eigenvalue weighted by molar-refractivity contribution is -0.137. The maximum absolute atomic E-state index is 12.1. The van der Waals surface area contributed by atoms with E-state index in [0.29, 0.717) is 15.7 Å². The van der Waals surface area contributed by atoms with E-state index < -0.39 is 5.97 Å². The monoisotopic (exact) mass is 562 g/mol. The first kappa shape index (κ1) is 28.3. The standard InChI is InChI=1S/C28H36Cl2N4O4/c29-27-22(32-25(35)6-3-7-26(36)37)10-11-24(28(27)30)34-16-14-33(15-17-34)13-1-2-18-38-21-9-8-20-5-4-12-31-23(20)19-21/h8-11,19,31H,1-7,12-18H2,(H,32,35)(H,36,37). The average Bonchev–Trinajstić information content (AvgIpc) is 2.91. The topological polar surface area (TPSA) is 94.1 Å². The van der Waals surface area contributed by atoms with Gasteiger partial charge in [0.25, 0.3) is 0 Å². The van der Waals surface area contributed by atoms with E-state index in [1.807, 2.05) is 6.07 Å². The van der Waals surface area contributed by atoms with E-state index in [-0.39, 0.29) is 25.2 Å². The molecule has 0 spiro atoms. The van der Waals surface area contributed by atoms with Gasteiger partial charge in [-0.25, -0.2) is 0 Å². The van der Waals surface area contributed by atoms with Crippen LogP contribution in [-0.4, -0.2) is 67.8 Å². The van der Waals surface area contributed by atoms with E-state index in [1.165, 1.54) is 17.7 Å². The van der Waals surface area contributed by atoms with E-state index in [2.05, 4.69) is 38.6 Å². The Morgan fingerprint density at radius 3 is 2.61 bits per heavy atom. The van der Waals surface area contributed by atoms with Gasteiger partial charge in [0.2, 0.25) is 5.91 Å². The van der Waals surface area contributed by atoms with Gasteiger partial charge in [-0.1, -0.05) is 29.3 Å². The van der Waals surface area contributed by atoms with Crippen LogP contribution in [0.25, 0.3) is 0 Å². The molecule has 0 aliphatic carbocycles. The minimum Gasteiger partial charge on any atom is -0.494 e. The van der Waals surface area contributed by atoms with Crippen molar-refractivity contribution in [2.24, 2.45) is 0 Å². The van der Waals surface area contributed by atoms with Crippen LogP contribution in [-0.2, 0) is 16.0 Å². The zero-order valence-electron chi connectivity index (χ0n) is 21.6. The molecule has 3 N–H and O–H groups in total. The SMILES string of the molecule is O=C(O)CCCC(=O)Nc1ccc(N2CCN(CCCCOc3ccc4c(c3)NCCC4)CC2)c(Cl)c1Cl. The van der Waals surface area contributed by atoms with Gasteiger partial charge >= 0.3 is 5.97 Å². The lowest BCUT2D eigenvalue weighted by Crippen LogP contribution is -2.46. The first-order valence-electron chi connectivity index (χ1n) is 13.4. The van der Waals surface area contributed by atoms with Gasteiger partial charge in [0.1, 0.15) is 5.75 Å². The van der Waals surface area contributed by atoms with Crippen molar-refractivity contribution in [2.75, 3.05) is 61.4 Å². The summed E-state index contributed by atoms with van der Waals surface area (Å²) in [4.78, 5) is 27.4.